The second-order valence-corrected chi connectivity index (χ2v) is 5.06. The van der Waals surface area contributed by atoms with Crippen molar-refractivity contribution >= 4 is 39.5 Å². The summed E-state index contributed by atoms with van der Waals surface area (Å²) in [6.07, 6.45) is 1.73. The van der Waals surface area contributed by atoms with Crippen molar-refractivity contribution in [1.29, 1.82) is 0 Å². The fraction of sp³-hybridized carbons (Fsp3) is 0.364. The van der Waals surface area contributed by atoms with E-state index in [1.165, 1.54) is 11.0 Å². The summed E-state index contributed by atoms with van der Waals surface area (Å²) in [6.45, 7) is 1.31. The van der Waals surface area contributed by atoms with Crippen molar-refractivity contribution in [3.8, 4) is 11.5 Å². The number of nitrogens with one attached hydrogen (secondary N) is 1. The molecule has 0 aliphatic heterocycles. The molecule has 100 valence electrons. The van der Waals surface area contributed by atoms with E-state index in [0.29, 0.717) is 18.9 Å². The molecule has 0 amide bonds. The van der Waals surface area contributed by atoms with Crippen molar-refractivity contribution in [2.24, 2.45) is 0 Å². The molecule has 1 N–H and O–H groups in total. The lowest BCUT2D eigenvalue weighted by Crippen LogP contribution is -2.13. The fourth-order valence-corrected chi connectivity index (χ4v) is 1.74. The van der Waals surface area contributed by atoms with Gasteiger partial charge in [0.05, 0.1) is 0 Å². The molecule has 0 fully saturated rings. The average Bonchev–Trinajstić information content (AvgIpc) is 2.41. The second-order valence-electron chi connectivity index (χ2n) is 3.17. The van der Waals surface area contributed by atoms with Gasteiger partial charge in [0.25, 0.3) is 0 Å². The molecule has 0 saturated heterocycles. The number of hydrogen-bond acceptors (Lipinski definition) is 7. The van der Waals surface area contributed by atoms with Crippen LogP contribution in [0.1, 0.15) is 0 Å². The number of benzene rings is 1. The summed E-state index contributed by atoms with van der Waals surface area (Å²) in [5, 5.41) is -0.00340. The van der Waals surface area contributed by atoms with Crippen LogP contribution in [0.3, 0.4) is 0 Å². The first kappa shape index (κ1) is 15.6. The summed E-state index contributed by atoms with van der Waals surface area (Å²) in [5.41, 5.74) is 0. The smallest absolute Gasteiger partial charge is 0.226 e. The molecular weight excluding hydrogens is 290 g/mol. The Labute approximate surface area is 120 Å². The highest BCUT2D eigenvalue weighted by atomic mass is 33.1. The second kappa shape index (κ2) is 9.43. The number of carbonyl (C=O) groups is 1. The Bertz CT molecular complexity index is 376. The molecule has 7 heteroatoms. The first-order valence-corrected chi connectivity index (χ1v) is 8.31. The third-order valence-electron chi connectivity index (χ3n) is 1.93. The maximum absolute atomic E-state index is 11.1. The highest BCUT2D eigenvalue weighted by Crippen LogP contribution is 2.19. The van der Waals surface area contributed by atoms with Gasteiger partial charge in [-0.05, 0) is 29.4 Å². The SMILES string of the molecule is CSC(=O)COc1cccc(OCCNSS)c1. The minimum atomic E-state index is -0.00340. The van der Waals surface area contributed by atoms with Crippen molar-refractivity contribution in [2.45, 2.75) is 0 Å². The Balaban J connectivity index is 2.39. The first-order valence-electron chi connectivity index (χ1n) is 5.22. The van der Waals surface area contributed by atoms with Crippen LogP contribution in [-0.4, -0.2) is 31.1 Å². The molecule has 0 aliphatic carbocycles. The van der Waals surface area contributed by atoms with E-state index >= 15 is 0 Å². The topological polar surface area (TPSA) is 47.6 Å². The van der Waals surface area contributed by atoms with Gasteiger partial charge in [-0.1, -0.05) is 29.5 Å². The van der Waals surface area contributed by atoms with Crippen molar-refractivity contribution < 1.29 is 14.3 Å². The lowest BCUT2D eigenvalue weighted by atomic mass is 10.3. The zero-order valence-corrected chi connectivity index (χ0v) is 12.4. The van der Waals surface area contributed by atoms with Crippen molar-refractivity contribution in [3.05, 3.63) is 24.3 Å². The standard InChI is InChI=1S/C11H15NO3S3/c1-17-11(13)8-15-10-4-2-3-9(7-10)14-6-5-12-18-16/h2-4,7,12,16H,5-6,8H2,1H3. The Morgan fingerprint density at radius 2 is 2.11 bits per heavy atom. The van der Waals surface area contributed by atoms with E-state index in [9.17, 15) is 4.79 Å². The van der Waals surface area contributed by atoms with E-state index in [2.05, 4.69) is 16.4 Å². The molecule has 0 saturated carbocycles. The molecular formula is C11H15NO3S3. The van der Waals surface area contributed by atoms with Crippen LogP contribution in [0.2, 0.25) is 0 Å². The third-order valence-corrected chi connectivity index (χ3v) is 3.22. The Morgan fingerprint density at radius 1 is 1.39 bits per heavy atom. The lowest BCUT2D eigenvalue weighted by molar-refractivity contribution is -0.112. The summed E-state index contributed by atoms with van der Waals surface area (Å²) >= 11 is 5.10. The van der Waals surface area contributed by atoms with Gasteiger partial charge in [-0.25, -0.2) is 0 Å². The van der Waals surface area contributed by atoms with Crippen LogP contribution in [0.4, 0.5) is 0 Å². The Kier molecular flexibility index (Phi) is 8.15. The van der Waals surface area contributed by atoms with Gasteiger partial charge in [-0.2, -0.15) is 0 Å². The zero-order valence-electron chi connectivity index (χ0n) is 9.92. The largest absolute Gasteiger partial charge is 0.492 e. The van der Waals surface area contributed by atoms with Gasteiger partial charge in [-0.3, -0.25) is 9.52 Å². The van der Waals surface area contributed by atoms with Gasteiger partial charge < -0.3 is 9.47 Å². The molecule has 1 rings (SSSR count). The number of thioether (sulfide) groups is 1. The maximum Gasteiger partial charge on any atom is 0.226 e. The summed E-state index contributed by atoms with van der Waals surface area (Å²) in [4.78, 5) is 11.1. The molecule has 0 aromatic heterocycles. The average molecular weight is 305 g/mol. The van der Waals surface area contributed by atoms with Crippen LogP contribution in [0.25, 0.3) is 0 Å². The third kappa shape index (κ3) is 6.44. The van der Waals surface area contributed by atoms with Crippen LogP contribution < -0.4 is 14.2 Å². The van der Waals surface area contributed by atoms with E-state index in [1.807, 2.05) is 12.1 Å². The molecule has 0 aliphatic rings. The molecule has 0 spiro atoms. The number of hydrogen-bond donors (Lipinski definition) is 2. The number of ether oxygens (including phenoxy) is 2. The predicted octanol–water partition coefficient (Wildman–Crippen LogP) is 2.42. The van der Waals surface area contributed by atoms with Crippen LogP contribution in [0, 0.1) is 0 Å². The zero-order chi connectivity index (χ0) is 13.2. The summed E-state index contributed by atoms with van der Waals surface area (Å²) in [7, 11) is 1.25. The lowest BCUT2D eigenvalue weighted by Gasteiger charge is -2.08. The first-order chi connectivity index (χ1) is 8.76. The molecule has 0 bridgehead atoms. The summed E-state index contributed by atoms with van der Waals surface area (Å²) in [6, 6.07) is 7.23. The molecule has 0 unspecified atom stereocenters. The van der Waals surface area contributed by atoms with Gasteiger partial charge in [0, 0.05) is 12.6 Å². The highest BCUT2D eigenvalue weighted by molar-refractivity contribution is 8.67. The fourth-order valence-electron chi connectivity index (χ4n) is 1.11. The minimum Gasteiger partial charge on any atom is -0.492 e. The Hall–Kier alpha value is -0.500. The van der Waals surface area contributed by atoms with E-state index in [1.54, 1.807) is 18.4 Å². The highest BCUT2D eigenvalue weighted by Gasteiger charge is 2.02. The van der Waals surface area contributed by atoms with Crippen molar-refractivity contribution in [1.82, 2.24) is 4.72 Å². The summed E-state index contributed by atoms with van der Waals surface area (Å²) < 4.78 is 13.8. The van der Waals surface area contributed by atoms with Crippen molar-refractivity contribution in [3.63, 3.8) is 0 Å². The van der Waals surface area contributed by atoms with Crippen molar-refractivity contribution in [2.75, 3.05) is 26.0 Å². The van der Waals surface area contributed by atoms with E-state index in [0.717, 1.165) is 17.5 Å². The van der Waals surface area contributed by atoms with Crippen LogP contribution in [-0.2, 0) is 4.79 Å². The quantitative estimate of drug-likeness (QED) is 0.333. The van der Waals surface area contributed by atoms with E-state index in [4.69, 9.17) is 9.47 Å². The van der Waals surface area contributed by atoms with Gasteiger partial charge in [-0.15, -0.1) is 0 Å². The van der Waals surface area contributed by atoms with E-state index in [-0.39, 0.29) is 11.7 Å². The number of rotatable bonds is 8. The number of thiol groups is 1. The van der Waals surface area contributed by atoms with Crippen LogP contribution in [0.15, 0.2) is 24.3 Å². The maximum atomic E-state index is 11.1. The summed E-state index contributed by atoms with van der Waals surface area (Å²) in [5.74, 6) is 1.35. The molecule has 1 aromatic carbocycles. The number of carbonyl (C=O) groups excluding carboxylic acids is 1. The monoisotopic (exact) mass is 305 g/mol. The Morgan fingerprint density at radius 3 is 2.78 bits per heavy atom. The minimum absolute atomic E-state index is 0.00340. The molecule has 4 nitrogen and oxygen atoms in total. The van der Waals surface area contributed by atoms with Gasteiger partial charge in [0.15, 0.2) is 6.61 Å². The molecule has 0 radical (unpaired) electrons. The van der Waals surface area contributed by atoms with Gasteiger partial charge in [0.1, 0.15) is 18.1 Å². The normalized spacial score (nSPS) is 10.1. The molecule has 0 atom stereocenters. The molecule has 18 heavy (non-hydrogen) atoms. The van der Waals surface area contributed by atoms with Gasteiger partial charge >= 0.3 is 0 Å². The predicted molar refractivity (Wildman–Crippen MR) is 80.5 cm³/mol. The van der Waals surface area contributed by atoms with Crippen LogP contribution in [0.5, 0.6) is 11.5 Å². The van der Waals surface area contributed by atoms with E-state index < -0.39 is 0 Å². The molecule has 1 aromatic rings. The van der Waals surface area contributed by atoms with Gasteiger partial charge in [0.2, 0.25) is 5.12 Å². The molecule has 0 heterocycles. The van der Waals surface area contributed by atoms with Crippen LogP contribution >= 0.6 is 34.4 Å².